The van der Waals surface area contributed by atoms with Gasteiger partial charge in [0.2, 0.25) is 6.29 Å². The lowest BCUT2D eigenvalue weighted by molar-refractivity contribution is -0.108. The quantitative estimate of drug-likeness (QED) is 0.837. The first-order valence-electron chi connectivity index (χ1n) is 5.42. The van der Waals surface area contributed by atoms with Crippen molar-refractivity contribution in [1.29, 1.82) is 0 Å². The summed E-state index contributed by atoms with van der Waals surface area (Å²) in [6.45, 7) is 0. The van der Waals surface area contributed by atoms with Crippen LogP contribution in [-0.4, -0.2) is 29.3 Å². The molecule has 1 aromatic heterocycles. The Hall–Kier alpha value is -1.98. The van der Waals surface area contributed by atoms with E-state index in [4.69, 9.17) is 9.47 Å². The average molecular weight is 246 g/mol. The van der Waals surface area contributed by atoms with Gasteiger partial charge in [0.1, 0.15) is 11.4 Å². The lowest BCUT2D eigenvalue weighted by Crippen LogP contribution is -2.07. The van der Waals surface area contributed by atoms with Crippen molar-refractivity contribution >= 4 is 0 Å². The number of benzene rings is 1. The smallest absolute Gasteiger partial charge is 0.200 e. The molecule has 0 saturated carbocycles. The molecule has 0 aliphatic heterocycles. The molecule has 0 unspecified atom stereocenters. The fourth-order valence-corrected chi connectivity index (χ4v) is 1.59. The van der Waals surface area contributed by atoms with Gasteiger partial charge >= 0.3 is 0 Å². The third-order valence-corrected chi connectivity index (χ3v) is 2.47. The standard InChI is InChI=1S/C13H14N2O3/c1-17-13(18-2)11-7-8-14-12(15-11)9-3-5-10(16)6-4-9/h3-8,13,16H,1-2H3. The normalized spacial score (nSPS) is 10.8. The van der Waals surface area contributed by atoms with E-state index in [2.05, 4.69) is 9.97 Å². The van der Waals surface area contributed by atoms with Gasteiger partial charge in [0, 0.05) is 26.0 Å². The van der Waals surface area contributed by atoms with E-state index in [1.54, 1.807) is 50.7 Å². The third-order valence-electron chi connectivity index (χ3n) is 2.47. The van der Waals surface area contributed by atoms with Gasteiger partial charge in [0.25, 0.3) is 0 Å². The Bertz CT molecular complexity index is 510. The minimum atomic E-state index is -0.510. The predicted octanol–water partition coefficient (Wildman–Crippen LogP) is 2.14. The topological polar surface area (TPSA) is 64.5 Å². The molecule has 18 heavy (non-hydrogen) atoms. The average Bonchev–Trinajstić information content (AvgIpc) is 2.41. The first-order chi connectivity index (χ1) is 8.74. The highest BCUT2D eigenvalue weighted by atomic mass is 16.7. The minimum absolute atomic E-state index is 0.210. The van der Waals surface area contributed by atoms with E-state index in [1.807, 2.05) is 0 Å². The van der Waals surface area contributed by atoms with Gasteiger partial charge in [-0.25, -0.2) is 9.97 Å². The summed E-state index contributed by atoms with van der Waals surface area (Å²) in [5.74, 6) is 0.771. The van der Waals surface area contributed by atoms with Crippen molar-refractivity contribution in [2.75, 3.05) is 14.2 Å². The van der Waals surface area contributed by atoms with Crippen LogP contribution in [0.25, 0.3) is 11.4 Å². The number of nitrogens with zero attached hydrogens (tertiary/aromatic N) is 2. The van der Waals surface area contributed by atoms with Crippen LogP contribution in [0, 0.1) is 0 Å². The lowest BCUT2D eigenvalue weighted by Gasteiger charge is -2.13. The Labute approximate surface area is 105 Å². The van der Waals surface area contributed by atoms with Gasteiger partial charge in [-0.05, 0) is 30.3 Å². The lowest BCUT2D eigenvalue weighted by atomic mass is 10.2. The van der Waals surface area contributed by atoms with E-state index in [1.165, 1.54) is 0 Å². The summed E-state index contributed by atoms with van der Waals surface area (Å²) < 4.78 is 10.3. The molecule has 0 amide bonds. The fourth-order valence-electron chi connectivity index (χ4n) is 1.59. The van der Waals surface area contributed by atoms with Crippen LogP contribution in [0.2, 0.25) is 0 Å². The molecule has 1 heterocycles. The number of phenols is 1. The largest absolute Gasteiger partial charge is 0.508 e. The van der Waals surface area contributed by atoms with Gasteiger partial charge < -0.3 is 14.6 Å². The van der Waals surface area contributed by atoms with E-state index in [0.29, 0.717) is 11.5 Å². The molecule has 0 radical (unpaired) electrons. The van der Waals surface area contributed by atoms with E-state index < -0.39 is 6.29 Å². The van der Waals surface area contributed by atoms with Crippen LogP contribution in [0.1, 0.15) is 12.0 Å². The van der Waals surface area contributed by atoms with Crippen molar-refractivity contribution in [3.8, 4) is 17.1 Å². The summed E-state index contributed by atoms with van der Waals surface area (Å²) in [4.78, 5) is 8.56. The van der Waals surface area contributed by atoms with Gasteiger partial charge in [0.15, 0.2) is 5.82 Å². The number of phenolic OH excluding ortho intramolecular Hbond substituents is 1. The van der Waals surface area contributed by atoms with Gasteiger partial charge in [-0.2, -0.15) is 0 Å². The third kappa shape index (κ3) is 2.64. The molecule has 0 spiro atoms. The van der Waals surface area contributed by atoms with Gasteiger partial charge in [-0.3, -0.25) is 0 Å². The number of aromatic nitrogens is 2. The summed E-state index contributed by atoms with van der Waals surface area (Å²) in [6, 6.07) is 8.43. The molecule has 5 heteroatoms. The Morgan fingerprint density at radius 3 is 2.33 bits per heavy atom. The van der Waals surface area contributed by atoms with E-state index in [0.717, 1.165) is 5.56 Å². The zero-order valence-electron chi connectivity index (χ0n) is 10.2. The van der Waals surface area contributed by atoms with Crippen LogP contribution in [0.15, 0.2) is 36.5 Å². The first kappa shape index (κ1) is 12.5. The van der Waals surface area contributed by atoms with Crippen molar-refractivity contribution in [3.63, 3.8) is 0 Å². The number of hydrogen-bond donors (Lipinski definition) is 1. The maximum absolute atomic E-state index is 9.24. The zero-order valence-corrected chi connectivity index (χ0v) is 10.2. The van der Waals surface area contributed by atoms with Crippen LogP contribution in [0.3, 0.4) is 0 Å². The zero-order chi connectivity index (χ0) is 13.0. The predicted molar refractivity (Wildman–Crippen MR) is 65.9 cm³/mol. The molecule has 1 N–H and O–H groups in total. The van der Waals surface area contributed by atoms with Crippen LogP contribution in [0.4, 0.5) is 0 Å². The maximum Gasteiger partial charge on any atom is 0.200 e. The summed E-state index contributed by atoms with van der Waals surface area (Å²) in [5.41, 5.74) is 1.47. The minimum Gasteiger partial charge on any atom is -0.508 e. The monoisotopic (exact) mass is 246 g/mol. The molecule has 0 bridgehead atoms. The van der Waals surface area contributed by atoms with Crippen molar-refractivity contribution in [2.45, 2.75) is 6.29 Å². The Kier molecular flexibility index (Phi) is 3.86. The van der Waals surface area contributed by atoms with Crippen LogP contribution < -0.4 is 0 Å². The number of rotatable bonds is 4. The van der Waals surface area contributed by atoms with Crippen LogP contribution >= 0.6 is 0 Å². The number of hydrogen-bond acceptors (Lipinski definition) is 5. The van der Waals surface area contributed by atoms with Gasteiger partial charge in [-0.15, -0.1) is 0 Å². The fraction of sp³-hybridized carbons (Fsp3) is 0.231. The molecule has 5 nitrogen and oxygen atoms in total. The summed E-state index contributed by atoms with van der Waals surface area (Å²) in [6.07, 6.45) is 1.14. The van der Waals surface area contributed by atoms with E-state index >= 15 is 0 Å². The number of aromatic hydroxyl groups is 1. The molecule has 2 rings (SSSR count). The van der Waals surface area contributed by atoms with Gasteiger partial charge in [-0.1, -0.05) is 0 Å². The molecular formula is C13H14N2O3. The van der Waals surface area contributed by atoms with E-state index in [9.17, 15) is 5.11 Å². The summed E-state index contributed by atoms with van der Waals surface area (Å²) in [5, 5.41) is 9.24. The molecule has 94 valence electrons. The van der Waals surface area contributed by atoms with Crippen LogP contribution in [0.5, 0.6) is 5.75 Å². The molecule has 0 atom stereocenters. The van der Waals surface area contributed by atoms with E-state index in [-0.39, 0.29) is 5.75 Å². The van der Waals surface area contributed by atoms with Crippen molar-refractivity contribution in [1.82, 2.24) is 9.97 Å². The highest BCUT2D eigenvalue weighted by Crippen LogP contribution is 2.21. The molecule has 1 aromatic carbocycles. The SMILES string of the molecule is COC(OC)c1ccnc(-c2ccc(O)cc2)n1. The maximum atomic E-state index is 9.24. The highest BCUT2D eigenvalue weighted by molar-refractivity contribution is 5.55. The summed E-state index contributed by atoms with van der Waals surface area (Å²) >= 11 is 0. The second-order valence-electron chi connectivity index (χ2n) is 3.66. The molecule has 0 fully saturated rings. The number of methoxy groups -OCH3 is 2. The first-order valence-corrected chi connectivity index (χ1v) is 5.42. The number of ether oxygens (including phenoxy) is 2. The molecular weight excluding hydrogens is 232 g/mol. The highest BCUT2D eigenvalue weighted by Gasteiger charge is 2.12. The van der Waals surface area contributed by atoms with Crippen molar-refractivity contribution < 1.29 is 14.6 Å². The second-order valence-corrected chi connectivity index (χ2v) is 3.66. The molecule has 0 aliphatic carbocycles. The Morgan fingerprint density at radius 1 is 1.06 bits per heavy atom. The Morgan fingerprint density at radius 2 is 1.72 bits per heavy atom. The summed E-state index contributed by atoms with van der Waals surface area (Å²) in [7, 11) is 3.10. The second kappa shape index (κ2) is 5.57. The molecule has 0 aliphatic rings. The Balaban J connectivity index is 2.34. The molecule has 0 saturated heterocycles. The molecule has 2 aromatic rings. The van der Waals surface area contributed by atoms with Crippen LogP contribution in [-0.2, 0) is 9.47 Å². The van der Waals surface area contributed by atoms with Gasteiger partial charge in [0.05, 0.1) is 0 Å². The van der Waals surface area contributed by atoms with Crippen molar-refractivity contribution in [2.24, 2.45) is 0 Å². The van der Waals surface area contributed by atoms with Crippen molar-refractivity contribution in [3.05, 3.63) is 42.2 Å².